The number of benzene rings is 2. The number of ether oxygens (including phenoxy) is 1. The number of anilines is 1. The van der Waals surface area contributed by atoms with Gasteiger partial charge in [-0.3, -0.25) is 19.3 Å². The van der Waals surface area contributed by atoms with E-state index >= 15 is 0 Å². The van der Waals surface area contributed by atoms with Crippen molar-refractivity contribution in [3.05, 3.63) is 64.2 Å². The van der Waals surface area contributed by atoms with Gasteiger partial charge in [-0.15, -0.1) is 0 Å². The molecule has 1 aliphatic rings. The first-order valence-electron chi connectivity index (χ1n) is 9.02. The summed E-state index contributed by atoms with van der Waals surface area (Å²) in [7, 11) is -3.87. The molecule has 1 aliphatic heterocycles. The quantitative estimate of drug-likeness (QED) is 0.519. The third kappa shape index (κ3) is 4.49. The highest BCUT2D eigenvalue weighted by molar-refractivity contribution is 7.92. The number of para-hydroxylation sites is 1. The van der Waals surface area contributed by atoms with Crippen LogP contribution in [-0.2, 0) is 14.8 Å². The summed E-state index contributed by atoms with van der Waals surface area (Å²) in [5, 5.41) is 11.0. The van der Waals surface area contributed by atoms with Crippen LogP contribution in [0.4, 0.5) is 11.4 Å². The zero-order valence-corrected chi connectivity index (χ0v) is 16.5. The van der Waals surface area contributed by atoms with Crippen LogP contribution in [0.1, 0.15) is 5.56 Å². The van der Waals surface area contributed by atoms with Crippen LogP contribution >= 0.6 is 0 Å². The largest absolute Gasteiger partial charge is 0.379 e. The van der Waals surface area contributed by atoms with Crippen molar-refractivity contribution in [2.45, 2.75) is 11.8 Å². The molecule has 1 saturated heterocycles. The highest BCUT2D eigenvalue weighted by Gasteiger charge is 2.27. The highest BCUT2D eigenvalue weighted by atomic mass is 32.2. The third-order valence-corrected chi connectivity index (χ3v) is 6.54. The van der Waals surface area contributed by atoms with Gasteiger partial charge in [0, 0.05) is 37.8 Å². The molecule has 0 spiro atoms. The molecule has 0 atom stereocenters. The maximum absolute atomic E-state index is 13.4. The van der Waals surface area contributed by atoms with Crippen molar-refractivity contribution < 1.29 is 18.1 Å². The molecule has 0 aromatic heterocycles. The maximum atomic E-state index is 13.4. The molecule has 0 N–H and O–H groups in total. The lowest BCUT2D eigenvalue weighted by atomic mass is 10.2. The third-order valence-electron chi connectivity index (χ3n) is 4.72. The van der Waals surface area contributed by atoms with E-state index < -0.39 is 14.9 Å². The van der Waals surface area contributed by atoms with E-state index in [1.165, 1.54) is 29.4 Å². The summed E-state index contributed by atoms with van der Waals surface area (Å²) in [5.41, 5.74) is 0.776. The van der Waals surface area contributed by atoms with Crippen molar-refractivity contribution >= 4 is 21.4 Å². The fourth-order valence-corrected chi connectivity index (χ4v) is 4.70. The van der Waals surface area contributed by atoms with Crippen LogP contribution in [0.25, 0.3) is 0 Å². The van der Waals surface area contributed by atoms with E-state index in [-0.39, 0.29) is 17.1 Å². The number of aryl methyl sites for hydroxylation is 1. The van der Waals surface area contributed by atoms with Crippen molar-refractivity contribution in [2.75, 3.05) is 43.7 Å². The van der Waals surface area contributed by atoms with Gasteiger partial charge in [-0.1, -0.05) is 18.2 Å². The Hall–Kier alpha value is -2.49. The zero-order valence-electron chi connectivity index (χ0n) is 15.7. The van der Waals surface area contributed by atoms with Crippen LogP contribution in [-0.4, -0.2) is 57.6 Å². The van der Waals surface area contributed by atoms with E-state index in [0.717, 1.165) is 13.1 Å². The number of nitrogens with zero attached hydrogens (tertiary/aromatic N) is 3. The van der Waals surface area contributed by atoms with E-state index in [1.54, 1.807) is 24.3 Å². The molecule has 1 heterocycles. The summed E-state index contributed by atoms with van der Waals surface area (Å²) in [6.07, 6.45) is 0. The molecule has 0 aliphatic carbocycles. The van der Waals surface area contributed by atoms with Gasteiger partial charge < -0.3 is 4.74 Å². The Morgan fingerprint density at radius 1 is 1.14 bits per heavy atom. The number of hydrogen-bond acceptors (Lipinski definition) is 6. The molecular weight excluding hydrogens is 382 g/mol. The van der Waals surface area contributed by atoms with Gasteiger partial charge in [0.05, 0.1) is 28.7 Å². The molecule has 28 heavy (non-hydrogen) atoms. The van der Waals surface area contributed by atoms with Crippen LogP contribution in [0.2, 0.25) is 0 Å². The van der Waals surface area contributed by atoms with Crippen molar-refractivity contribution in [1.82, 2.24) is 4.90 Å². The van der Waals surface area contributed by atoms with Crippen LogP contribution in [0.5, 0.6) is 0 Å². The fourth-order valence-electron chi connectivity index (χ4n) is 3.16. The average molecular weight is 405 g/mol. The first kappa shape index (κ1) is 20.2. The van der Waals surface area contributed by atoms with Gasteiger partial charge in [-0.25, -0.2) is 8.42 Å². The maximum Gasteiger partial charge on any atom is 0.272 e. The van der Waals surface area contributed by atoms with Crippen molar-refractivity contribution in [2.24, 2.45) is 0 Å². The summed E-state index contributed by atoms with van der Waals surface area (Å²) in [6.45, 7) is 5.20. The molecule has 0 radical (unpaired) electrons. The molecule has 150 valence electrons. The minimum atomic E-state index is -3.87. The lowest BCUT2D eigenvalue weighted by Gasteiger charge is -2.30. The standard InChI is InChI=1S/C19H23N3O5S/c1-16-15-18(7-8-19(16)22(23)24)28(25,26)21(17-5-3-2-4-6-17)10-9-20-11-13-27-14-12-20/h2-8,15H,9-14H2,1H3. The molecule has 2 aromatic carbocycles. The predicted octanol–water partition coefficient (Wildman–Crippen LogP) is 2.43. The van der Waals surface area contributed by atoms with Gasteiger partial charge in [0.2, 0.25) is 0 Å². The fraction of sp³-hybridized carbons (Fsp3) is 0.368. The molecule has 0 bridgehead atoms. The number of rotatable bonds is 7. The molecule has 3 rings (SSSR count). The highest BCUT2D eigenvalue weighted by Crippen LogP contribution is 2.27. The van der Waals surface area contributed by atoms with Gasteiger partial charge in [0.15, 0.2) is 0 Å². The zero-order chi connectivity index (χ0) is 20.1. The molecule has 0 amide bonds. The Morgan fingerprint density at radius 2 is 1.82 bits per heavy atom. The summed E-state index contributed by atoms with van der Waals surface area (Å²) < 4.78 is 33.4. The summed E-state index contributed by atoms with van der Waals surface area (Å²) in [4.78, 5) is 12.7. The smallest absolute Gasteiger partial charge is 0.272 e. The number of nitro groups is 1. The second-order valence-corrected chi connectivity index (χ2v) is 8.43. The summed E-state index contributed by atoms with van der Waals surface area (Å²) in [5.74, 6) is 0. The molecule has 0 saturated carbocycles. The lowest BCUT2D eigenvalue weighted by molar-refractivity contribution is -0.385. The Balaban J connectivity index is 1.91. The van der Waals surface area contributed by atoms with Gasteiger partial charge in [-0.05, 0) is 31.2 Å². The molecule has 9 heteroatoms. The minimum Gasteiger partial charge on any atom is -0.379 e. The second kappa shape index (κ2) is 8.68. The predicted molar refractivity (Wildman–Crippen MR) is 106 cm³/mol. The molecule has 2 aromatic rings. The Bertz CT molecular complexity index is 928. The van der Waals surface area contributed by atoms with E-state index in [1.807, 2.05) is 6.07 Å². The number of nitro benzene ring substituents is 1. The monoisotopic (exact) mass is 405 g/mol. The van der Waals surface area contributed by atoms with Gasteiger partial charge in [0.1, 0.15) is 0 Å². The van der Waals surface area contributed by atoms with E-state index in [9.17, 15) is 18.5 Å². The van der Waals surface area contributed by atoms with Gasteiger partial charge in [0.25, 0.3) is 15.7 Å². The second-order valence-electron chi connectivity index (χ2n) is 6.57. The lowest BCUT2D eigenvalue weighted by Crippen LogP contribution is -2.43. The van der Waals surface area contributed by atoms with Crippen LogP contribution in [0.15, 0.2) is 53.4 Å². The molecular formula is C19H23N3O5S. The normalized spacial score (nSPS) is 15.3. The summed E-state index contributed by atoms with van der Waals surface area (Å²) in [6, 6.07) is 12.8. The van der Waals surface area contributed by atoms with Crippen molar-refractivity contribution in [1.29, 1.82) is 0 Å². The topological polar surface area (TPSA) is 93.0 Å². The Kier molecular flexibility index (Phi) is 6.28. The van der Waals surface area contributed by atoms with Crippen LogP contribution in [0.3, 0.4) is 0 Å². The van der Waals surface area contributed by atoms with E-state index in [2.05, 4.69) is 4.90 Å². The van der Waals surface area contributed by atoms with E-state index in [4.69, 9.17) is 4.74 Å². The molecule has 8 nitrogen and oxygen atoms in total. The first-order chi connectivity index (χ1) is 13.4. The number of hydrogen-bond donors (Lipinski definition) is 0. The Labute approximate surface area is 164 Å². The molecule has 1 fully saturated rings. The first-order valence-corrected chi connectivity index (χ1v) is 10.5. The Morgan fingerprint density at radius 3 is 2.43 bits per heavy atom. The van der Waals surface area contributed by atoms with Crippen LogP contribution in [0, 0.1) is 17.0 Å². The van der Waals surface area contributed by atoms with Gasteiger partial charge in [-0.2, -0.15) is 0 Å². The average Bonchev–Trinajstić information content (AvgIpc) is 2.69. The minimum absolute atomic E-state index is 0.0430. The SMILES string of the molecule is Cc1cc(S(=O)(=O)N(CCN2CCOCC2)c2ccccc2)ccc1[N+](=O)[O-]. The summed E-state index contributed by atoms with van der Waals surface area (Å²) >= 11 is 0. The number of sulfonamides is 1. The number of morpholine rings is 1. The van der Waals surface area contributed by atoms with Gasteiger partial charge >= 0.3 is 0 Å². The van der Waals surface area contributed by atoms with E-state index in [0.29, 0.717) is 31.0 Å². The van der Waals surface area contributed by atoms with Crippen molar-refractivity contribution in [3.63, 3.8) is 0 Å². The van der Waals surface area contributed by atoms with Crippen LogP contribution < -0.4 is 4.31 Å². The van der Waals surface area contributed by atoms with Crippen molar-refractivity contribution in [3.8, 4) is 0 Å². The molecule has 0 unspecified atom stereocenters.